The predicted octanol–water partition coefficient (Wildman–Crippen LogP) is 0.887. The Morgan fingerprint density at radius 1 is 1.50 bits per heavy atom. The van der Waals surface area contributed by atoms with Gasteiger partial charge >= 0.3 is 0 Å². The average Bonchev–Trinajstić information content (AvgIpc) is 2.81. The van der Waals surface area contributed by atoms with Gasteiger partial charge in [-0.25, -0.2) is 4.39 Å². The number of hydrogen-bond acceptors (Lipinski definition) is 5. The maximum atomic E-state index is 13.3. The third-order valence-corrected chi connectivity index (χ3v) is 2.24. The number of nitrogens with one attached hydrogen (secondary N) is 1. The largest absolute Gasteiger partial charge is 0.508 e. The molecule has 0 bridgehead atoms. The van der Waals surface area contributed by atoms with Crippen LogP contribution in [-0.4, -0.2) is 27.7 Å². The molecule has 0 atom stereocenters. The number of nitrogens with zero attached hydrogens (tertiary/aromatic N) is 2. The van der Waals surface area contributed by atoms with Gasteiger partial charge in [0.2, 0.25) is 6.39 Å². The summed E-state index contributed by atoms with van der Waals surface area (Å²) in [7, 11) is 0. The Morgan fingerprint density at radius 2 is 2.33 bits per heavy atom. The normalized spacial score (nSPS) is 10.3. The first-order chi connectivity index (χ1) is 8.66. The van der Waals surface area contributed by atoms with Gasteiger partial charge in [0.05, 0.1) is 5.56 Å². The van der Waals surface area contributed by atoms with Gasteiger partial charge in [-0.1, -0.05) is 5.16 Å². The van der Waals surface area contributed by atoms with Gasteiger partial charge in [-0.15, -0.1) is 0 Å². The van der Waals surface area contributed by atoms with Crippen LogP contribution in [0.3, 0.4) is 0 Å². The molecule has 2 aromatic rings. The highest BCUT2D eigenvalue weighted by Crippen LogP contribution is 2.14. The summed E-state index contributed by atoms with van der Waals surface area (Å²) >= 11 is 0. The number of aromatic hydroxyl groups is 1. The zero-order chi connectivity index (χ0) is 13.0. The zero-order valence-corrected chi connectivity index (χ0v) is 9.26. The SMILES string of the molecule is O=C(NCCc1ncon1)c1ccc(O)cc1F. The van der Waals surface area contributed by atoms with Crippen LogP contribution in [0.2, 0.25) is 0 Å². The van der Waals surface area contributed by atoms with Crippen molar-refractivity contribution in [1.29, 1.82) is 0 Å². The van der Waals surface area contributed by atoms with E-state index in [1.165, 1.54) is 18.5 Å². The number of amides is 1. The van der Waals surface area contributed by atoms with E-state index in [1.807, 2.05) is 0 Å². The van der Waals surface area contributed by atoms with E-state index in [0.29, 0.717) is 12.2 Å². The molecule has 2 rings (SSSR count). The lowest BCUT2D eigenvalue weighted by Gasteiger charge is -2.04. The molecule has 0 aliphatic rings. The van der Waals surface area contributed by atoms with Crippen LogP contribution in [0.5, 0.6) is 5.75 Å². The van der Waals surface area contributed by atoms with Crippen molar-refractivity contribution >= 4 is 5.91 Å². The topological polar surface area (TPSA) is 88.3 Å². The lowest BCUT2D eigenvalue weighted by molar-refractivity contribution is 0.0950. The highest BCUT2D eigenvalue weighted by molar-refractivity contribution is 5.94. The molecule has 0 fully saturated rings. The quantitative estimate of drug-likeness (QED) is 0.842. The summed E-state index contributed by atoms with van der Waals surface area (Å²) in [6, 6.07) is 3.35. The van der Waals surface area contributed by atoms with Crippen LogP contribution in [0.25, 0.3) is 0 Å². The third kappa shape index (κ3) is 2.82. The number of carbonyl (C=O) groups is 1. The van der Waals surface area contributed by atoms with Crippen molar-refractivity contribution in [3.63, 3.8) is 0 Å². The average molecular weight is 251 g/mol. The first kappa shape index (κ1) is 12.0. The Morgan fingerprint density at radius 3 is 3.00 bits per heavy atom. The summed E-state index contributed by atoms with van der Waals surface area (Å²) in [6.07, 6.45) is 1.58. The second kappa shape index (κ2) is 5.26. The summed E-state index contributed by atoms with van der Waals surface area (Å²) < 4.78 is 17.9. The van der Waals surface area contributed by atoms with Crippen LogP contribution in [-0.2, 0) is 6.42 Å². The summed E-state index contributed by atoms with van der Waals surface area (Å²) in [5, 5.41) is 15.1. The molecule has 1 aromatic heterocycles. The molecular weight excluding hydrogens is 241 g/mol. The van der Waals surface area contributed by atoms with Crippen molar-refractivity contribution in [1.82, 2.24) is 15.5 Å². The molecule has 0 aliphatic heterocycles. The van der Waals surface area contributed by atoms with Crippen LogP contribution >= 0.6 is 0 Å². The van der Waals surface area contributed by atoms with Crippen molar-refractivity contribution in [2.45, 2.75) is 6.42 Å². The Labute approximate surface area is 101 Å². The number of rotatable bonds is 4. The highest BCUT2D eigenvalue weighted by atomic mass is 19.1. The van der Waals surface area contributed by atoms with Gasteiger partial charge < -0.3 is 14.9 Å². The Bertz CT molecular complexity index is 542. The first-order valence-corrected chi connectivity index (χ1v) is 5.19. The van der Waals surface area contributed by atoms with Crippen LogP contribution in [0.15, 0.2) is 29.1 Å². The fraction of sp³-hybridized carbons (Fsp3) is 0.182. The molecular formula is C11H10FN3O3. The van der Waals surface area contributed by atoms with E-state index < -0.39 is 11.7 Å². The molecule has 1 heterocycles. The lowest BCUT2D eigenvalue weighted by atomic mass is 10.2. The second-order valence-corrected chi connectivity index (χ2v) is 3.52. The van der Waals surface area contributed by atoms with Gasteiger partial charge in [-0.05, 0) is 12.1 Å². The molecule has 2 N–H and O–H groups in total. The van der Waals surface area contributed by atoms with Crippen LogP contribution in [0, 0.1) is 5.82 Å². The highest BCUT2D eigenvalue weighted by Gasteiger charge is 2.11. The fourth-order valence-corrected chi connectivity index (χ4v) is 1.37. The Hall–Kier alpha value is -2.44. The number of benzene rings is 1. The number of hydrogen-bond donors (Lipinski definition) is 2. The van der Waals surface area contributed by atoms with E-state index in [2.05, 4.69) is 20.0 Å². The molecule has 0 saturated carbocycles. The van der Waals surface area contributed by atoms with Crippen molar-refractivity contribution < 1.29 is 18.8 Å². The van der Waals surface area contributed by atoms with Gasteiger partial charge in [0.25, 0.3) is 5.91 Å². The minimum Gasteiger partial charge on any atom is -0.508 e. The number of phenols is 1. The van der Waals surface area contributed by atoms with Crippen molar-refractivity contribution in [2.24, 2.45) is 0 Å². The van der Waals surface area contributed by atoms with Crippen molar-refractivity contribution in [3.8, 4) is 5.75 Å². The molecule has 7 heteroatoms. The summed E-state index contributed by atoms with van der Waals surface area (Å²) in [5.41, 5.74) is -0.124. The minimum absolute atomic E-state index is 0.124. The maximum Gasteiger partial charge on any atom is 0.254 e. The molecule has 0 saturated heterocycles. The molecule has 94 valence electrons. The van der Waals surface area contributed by atoms with E-state index in [-0.39, 0.29) is 17.9 Å². The Kier molecular flexibility index (Phi) is 3.52. The summed E-state index contributed by atoms with van der Waals surface area (Å²) in [4.78, 5) is 15.4. The standard InChI is InChI=1S/C11H10FN3O3/c12-9-5-7(16)1-2-8(9)11(17)13-4-3-10-14-6-18-15-10/h1-2,5-6,16H,3-4H2,(H,13,17). The second-order valence-electron chi connectivity index (χ2n) is 3.52. The lowest BCUT2D eigenvalue weighted by Crippen LogP contribution is -2.26. The molecule has 0 aliphatic carbocycles. The maximum absolute atomic E-state index is 13.3. The fourth-order valence-electron chi connectivity index (χ4n) is 1.37. The monoisotopic (exact) mass is 251 g/mol. The zero-order valence-electron chi connectivity index (χ0n) is 9.26. The number of carbonyl (C=O) groups excluding carboxylic acids is 1. The molecule has 18 heavy (non-hydrogen) atoms. The molecule has 0 radical (unpaired) electrons. The molecule has 0 unspecified atom stereocenters. The van der Waals surface area contributed by atoms with Crippen molar-refractivity contribution in [2.75, 3.05) is 6.54 Å². The first-order valence-electron chi connectivity index (χ1n) is 5.19. The number of aromatic nitrogens is 2. The van der Waals surface area contributed by atoms with Crippen LogP contribution in [0.4, 0.5) is 4.39 Å². The summed E-state index contributed by atoms with van der Waals surface area (Å²) in [6.45, 7) is 0.263. The molecule has 0 spiro atoms. The van der Waals surface area contributed by atoms with Crippen LogP contribution in [0.1, 0.15) is 16.2 Å². The van der Waals surface area contributed by atoms with Gasteiger partial charge in [0.15, 0.2) is 5.82 Å². The van der Waals surface area contributed by atoms with Crippen LogP contribution < -0.4 is 5.32 Å². The van der Waals surface area contributed by atoms with E-state index in [9.17, 15) is 9.18 Å². The van der Waals surface area contributed by atoms with E-state index >= 15 is 0 Å². The molecule has 1 aromatic carbocycles. The van der Waals surface area contributed by atoms with Crippen molar-refractivity contribution in [3.05, 3.63) is 41.8 Å². The van der Waals surface area contributed by atoms with Gasteiger partial charge in [-0.3, -0.25) is 4.79 Å². The minimum atomic E-state index is -0.771. The number of halogens is 1. The molecule has 6 nitrogen and oxygen atoms in total. The van der Waals surface area contributed by atoms with Gasteiger partial charge in [-0.2, -0.15) is 4.98 Å². The van der Waals surface area contributed by atoms with E-state index in [1.54, 1.807) is 0 Å². The predicted molar refractivity (Wildman–Crippen MR) is 58.4 cm³/mol. The van der Waals surface area contributed by atoms with E-state index in [4.69, 9.17) is 5.11 Å². The molecule has 1 amide bonds. The Balaban J connectivity index is 1.91. The number of phenolic OH excluding ortho intramolecular Hbond substituents is 1. The van der Waals surface area contributed by atoms with E-state index in [0.717, 1.165) is 6.07 Å². The van der Waals surface area contributed by atoms with Gasteiger partial charge in [0.1, 0.15) is 11.6 Å². The van der Waals surface area contributed by atoms with Gasteiger partial charge in [0, 0.05) is 19.0 Å². The summed E-state index contributed by atoms with van der Waals surface area (Å²) in [5.74, 6) is -1.10. The smallest absolute Gasteiger partial charge is 0.254 e. The third-order valence-electron chi connectivity index (χ3n) is 2.24.